The Hall–Kier alpha value is -1.35. The first-order chi connectivity index (χ1) is 9.61. The molecule has 1 saturated carbocycles. The van der Waals surface area contributed by atoms with Gasteiger partial charge in [0.25, 0.3) is 0 Å². The Kier molecular flexibility index (Phi) is 5.18. The molecule has 20 heavy (non-hydrogen) atoms. The second-order valence-electron chi connectivity index (χ2n) is 5.90. The summed E-state index contributed by atoms with van der Waals surface area (Å²) in [5.74, 6) is 0.343. The molecule has 0 aliphatic heterocycles. The Balaban J connectivity index is 2.01. The lowest BCUT2D eigenvalue weighted by molar-refractivity contribution is -0.136. The summed E-state index contributed by atoms with van der Waals surface area (Å²) in [6.45, 7) is 8.63. The standard InChI is InChI=1S/C17H26N2O/c1-4-18-11-14(3)17(20)19(16-8-9-16)12-15-7-5-6-13(2)10-15/h5-7,10,14,16,18H,4,8-9,11-12H2,1-3H3. The molecule has 0 bridgehead atoms. The normalized spacial score (nSPS) is 15.9. The van der Waals surface area contributed by atoms with E-state index in [4.69, 9.17) is 0 Å². The molecule has 1 aromatic rings. The molecule has 0 spiro atoms. The van der Waals surface area contributed by atoms with Gasteiger partial charge >= 0.3 is 0 Å². The van der Waals surface area contributed by atoms with Crippen LogP contribution in [0.25, 0.3) is 0 Å². The van der Waals surface area contributed by atoms with Crippen molar-refractivity contribution in [3.63, 3.8) is 0 Å². The second kappa shape index (κ2) is 6.89. The molecule has 110 valence electrons. The summed E-state index contributed by atoms with van der Waals surface area (Å²) in [6, 6.07) is 8.93. The minimum absolute atomic E-state index is 0.0559. The molecular formula is C17H26N2O. The number of nitrogens with one attached hydrogen (secondary N) is 1. The van der Waals surface area contributed by atoms with Crippen LogP contribution in [0, 0.1) is 12.8 Å². The lowest BCUT2D eigenvalue weighted by Gasteiger charge is -2.26. The summed E-state index contributed by atoms with van der Waals surface area (Å²) in [5.41, 5.74) is 2.49. The van der Waals surface area contributed by atoms with Crippen LogP contribution in [-0.4, -0.2) is 29.9 Å². The number of hydrogen-bond donors (Lipinski definition) is 1. The topological polar surface area (TPSA) is 32.3 Å². The number of benzene rings is 1. The van der Waals surface area contributed by atoms with Gasteiger partial charge in [-0.05, 0) is 31.9 Å². The minimum Gasteiger partial charge on any atom is -0.335 e. The van der Waals surface area contributed by atoms with Crippen molar-refractivity contribution < 1.29 is 4.79 Å². The zero-order chi connectivity index (χ0) is 14.5. The van der Waals surface area contributed by atoms with Crippen molar-refractivity contribution in [3.8, 4) is 0 Å². The number of carbonyl (C=O) groups excluding carboxylic acids is 1. The van der Waals surface area contributed by atoms with E-state index in [1.54, 1.807) is 0 Å². The van der Waals surface area contributed by atoms with E-state index in [-0.39, 0.29) is 11.8 Å². The van der Waals surface area contributed by atoms with Crippen molar-refractivity contribution >= 4 is 5.91 Å². The number of amides is 1. The third-order valence-corrected chi connectivity index (χ3v) is 3.83. The molecule has 1 aliphatic rings. The van der Waals surface area contributed by atoms with Gasteiger partial charge in [-0.15, -0.1) is 0 Å². The smallest absolute Gasteiger partial charge is 0.227 e. The average molecular weight is 274 g/mol. The number of carbonyl (C=O) groups is 1. The molecule has 0 radical (unpaired) electrons. The lowest BCUT2D eigenvalue weighted by atomic mass is 10.1. The van der Waals surface area contributed by atoms with Crippen molar-refractivity contribution in [2.75, 3.05) is 13.1 Å². The van der Waals surface area contributed by atoms with Gasteiger partial charge in [-0.25, -0.2) is 0 Å². The highest BCUT2D eigenvalue weighted by molar-refractivity contribution is 5.79. The number of hydrogen-bond acceptors (Lipinski definition) is 2. The molecule has 3 heteroatoms. The van der Waals surface area contributed by atoms with Gasteiger partial charge in [0.05, 0.1) is 0 Å². The van der Waals surface area contributed by atoms with E-state index in [9.17, 15) is 4.79 Å². The number of nitrogens with zero attached hydrogens (tertiary/aromatic N) is 1. The van der Waals surface area contributed by atoms with Crippen molar-refractivity contribution in [1.29, 1.82) is 0 Å². The average Bonchev–Trinajstić information content (AvgIpc) is 3.26. The first-order valence-electron chi connectivity index (χ1n) is 7.68. The fourth-order valence-corrected chi connectivity index (χ4v) is 2.51. The maximum atomic E-state index is 12.6. The zero-order valence-electron chi connectivity index (χ0n) is 12.9. The van der Waals surface area contributed by atoms with Crippen LogP contribution >= 0.6 is 0 Å². The summed E-state index contributed by atoms with van der Waals surface area (Å²) < 4.78 is 0. The Morgan fingerprint density at radius 3 is 2.80 bits per heavy atom. The van der Waals surface area contributed by atoms with E-state index in [1.165, 1.54) is 11.1 Å². The lowest BCUT2D eigenvalue weighted by Crippen LogP contribution is -2.40. The third kappa shape index (κ3) is 4.07. The Labute approximate surface area is 122 Å². The SMILES string of the molecule is CCNCC(C)C(=O)N(Cc1cccc(C)c1)C1CC1. The molecule has 1 aromatic carbocycles. The van der Waals surface area contributed by atoms with E-state index < -0.39 is 0 Å². The zero-order valence-corrected chi connectivity index (χ0v) is 12.9. The van der Waals surface area contributed by atoms with Gasteiger partial charge in [-0.1, -0.05) is 43.7 Å². The highest BCUT2D eigenvalue weighted by Crippen LogP contribution is 2.29. The Bertz CT molecular complexity index is 454. The predicted octanol–water partition coefficient (Wildman–Crippen LogP) is 2.73. The van der Waals surface area contributed by atoms with E-state index in [0.717, 1.165) is 32.5 Å². The molecule has 1 amide bonds. The summed E-state index contributed by atoms with van der Waals surface area (Å²) >= 11 is 0. The van der Waals surface area contributed by atoms with E-state index in [0.29, 0.717) is 6.04 Å². The summed E-state index contributed by atoms with van der Waals surface area (Å²) in [5, 5.41) is 3.27. The van der Waals surface area contributed by atoms with Gasteiger partial charge in [0.1, 0.15) is 0 Å². The maximum absolute atomic E-state index is 12.6. The highest BCUT2D eigenvalue weighted by Gasteiger charge is 2.34. The van der Waals surface area contributed by atoms with Crippen molar-refractivity contribution in [2.24, 2.45) is 5.92 Å². The molecule has 1 atom stereocenters. The van der Waals surface area contributed by atoms with Crippen LogP contribution in [0.1, 0.15) is 37.8 Å². The molecule has 1 N–H and O–H groups in total. The molecule has 1 unspecified atom stereocenters. The first kappa shape index (κ1) is 15.0. The van der Waals surface area contributed by atoms with Gasteiger partial charge in [0, 0.05) is 25.0 Å². The van der Waals surface area contributed by atoms with Crippen LogP contribution in [-0.2, 0) is 11.3 Å². The van der Waals surface area contributed by atoms with E-state index in [1.807, 2.05) is 6.92 Å². The fourth-order valence-electron chi connectivity index (χ4n) is 2.51. The van der Waals surface area contributed by atoms with Crippen LogP contribution in [0.4, 0.5) is 0 Å². The van der Waals surface area contributed by atoms with Crippen LogP contribution in [0.15, 0.2) is 24.3 Å². The molecule has 1 fully saturated rings. The number of rotatable bonds is 7. The molecular weight excluding hydrogens is 248 g/mol. The maximum Gasteiger partial charge on any atom is 0.227 e. The quantitative estimate of drug-likeness (QED) is 0.829. The predicted molar refractivity (Wildman–Crippen MR) is 82.5 cm³/mol. The molecule has 0 aromatic heterocycles. The first-order valence-corrected chi connectivity index (χ1v) is 7.68. The van der Waals surface area contributed by atoms with Gasteiger partial charge in [-0.3, -0.25) is 4.79 Å². The molecule has 1 aliphatic carbocycles. The van der Waals surface area contributed by atoms with Crippen LogP contribution in [0.3, 0.4) is 0 Å². The molecule has 0 saturated heterocycles. The highest BCUT2D eigenvalue weighted by atomic mass is 16.2. The van der Waals surface area contributed by atoms with Crippen molar-refractivity contribution in [2.45, 2.75) is 46.2 Å². The van der Waals surface area contributed by atoms with Crippen LogP contribution in [0.2, 0.25) is 0 Å². The summed E-state index contributed by atoms with van der Waals surface area (Å²) in [6.07, 6.45) is 2.32. The van der Waals surface area contributed by atoms with Gasteiger partial charge in [0.15, 0.2) is 0 Å². The van der Waals surface area contributed by atoms with Crippen molar-refractivity contribution in [1.82, 2.24) is 10.2 Å². The largest absolute Gasteiger partial charge is 0.335 e. The second-order valence-corrected chi connectivity index (χ2v) is 5.90. The van der Waals surface area contributed by atoms with Crippen LogP contribution in [0.5, 0.6) is 0 Å². The molecule has 0 heterocycles. The Morgan fingerprint density at radius 1 is 1.45 bits per heavy atom. The third-order valence-electron chi connectivity index (χ3n) is 3.83. The van der Waals surface area contributed by atoms with Gasteiger partial charge < -0.3 is 10.2 Å². The van der Waals surface area contributed by atoms with Gasteiger partial charge in [-0.2, -0.15) is 0 Å². The summed E-state index contributed by atoms with van der Waals surface area (Å²) in [4.78, 5) is 14.7. The number of aryl methyl sites for hydroxylation is 1. The van der Waals surface area contributed by atoms with E-state index >= 15 is 0 Å². The minimum atomic E-state index is 0.0559. The Morgan fingerprint density at radius 2 is 2.20 bits per heavy atom. The monoisotopic (exact) mass is 274 g/mol. The summed E-state index contributed by atoms with van der Waals surface area (Å²) in [7, 11) is 0. The van der Waals surface area contributed by atoms with Crippen LogP contribution < -0.4 is 5.32 Å². The fraction of sp³-hybridized carbons (Fsp3) is 0.588. The van der Waals surface area contributed by atoms with Crippen molar-refractivity contribution in [3.05, 3.63) is 35.4 Å². The molecule has 2 rings (SSSR count). The van der Waals surface area contributed by atoms with E-state index in [2.05, 4.69) is 48.3 Å². The van der Waals surface area contributed by atoms with Gasteiger partial charge in [0.2, 0.25) is 5.91 Å². The molecule has 3 nitrogen and oxygen atoms in total.